The van der Waals surface area contributed by atoms with E-state index in [0.717, 1.165) is 30.8 Å². The maximum Gasteiger partial charge on any atom is -0.147 e. The number of rotatable bonds is 6. The van der Waals surface area contributed by atoms with Gasteiger partial charge in [-0.15, -0.1) is 24.8 Å². The van der Waals surface area contributed by atoms with Crippen LogP contribution in [0, 0.1) is 5.41 Å². The van der Waals surface area contributed by atoms with Crippen molar-refractivity contribution in [1.82, 2.24) is 0 Å². The topological polar surface area (TPSA) is 18.5 Å². The van der Waals surface area contributed by atoms with Crippen molar-refractivity contribution >= 4 is 28.6 Å². The molecule has 1 aromatic carbocycles. The van der Waals surface area contributed by atoms with E-state index in [-0.39, 0.29) is 35.6 Å². The predicted molar refractivity (Wildman–Crippen MR) is 133 cm³/mol. The molecule has 0 fully saturated rings. The predicted octanol–water partition coefficient (Wildman–Crippen LogP) is 8.00. The first kappa shape index (κ1) is 29.5. The van der Waals surface area contributed by atoms with Crippen LogP contribution in [0.5, 0.6) is 11.5 Å². The molecular formula is C25H40Cl2O2Ti. The van der Waals surface area contributed by atoms with Crippen LogP contribution in [0.3, 0.4) is 0 Å². The summed E-state index contributed by atoms with van der Waals surface area (Å²) in [6, 6.07) is 6.41. The summed E-state index contributed by atoms with van der Waals surface area (Å²) in [6.07, 6.45) is 7.90. The van der Waals surface area contributed by atoms with Crippen LogP contribution < -0.4 is 8.06 Å². The minimum atomic E-state index is -2.06. The van der Waals surface area contributed by atoms with Crippen molar-refractivity contribution in [3.05, 3.63) is 45.4 Å². The quantitative estimate of drug-likeness (QED) is 0.376. The third-order valence-electron chi connectivity index (χ3n) is 5.39. The molecule has 0 amide bonds. The second kappa shape index (κ2) is 11.9. The van der Waals surface area contributed by atoms with Crippen LogP contribution in [0.2, 0.25) is 0 Å². The van der Waals surface area contributed by atoms with Gasteiger partial charge in [0, 0.05) is 0 Å². The molecule has 0 saturated heterocycles. The van der Waals surface area contributed by atoms with E-state index in [0.29, 0.717) is 0 Å². The van der Waals surface area contributed by atoms with Crippen molar-refractivity contribution in [2.75, 3.05) is 7.11 Å². The average Bonchev–Trinajstić information content (AvgIpc) is 3.10. The molecule has 0 aliphatic heterocycles. The van der Waals surface area contributed by atoms with Gasteiger partial charge >= 0.3 is 179 Å². The number of halogens is 2. The first-order chi connectivity index (χ1) is 13.0. The van der Waals surface area contributed by atoms with Gasteiger partial charge in [0.15, 0.2) is 0 Å². The minimum absolute atomic E-state index is 0. The molecule has 0 radical (unpaired) electrons. The van der Waals surface area contributed by atoms with E-state index in [1.165, 1.54) is 11.1 Å². The van der Waals surface area contributed by atoms with Crippen molar-refractivity contribution in [2.45, 2.75) is 80.1 Å². The Morgan fingerprint density at radius 3 is 1.93 bits per heavy atom. The summed E-state index contributed by atoms with van der Waals surface area (Å²) in [6.45, 7) is 18.2. The fourth-order valence-electron chi connectivity index (χ4n) is 3.64. The molecule has 1 aliphatic carbocycles. The van der Waals surface area contributed by atoms with Crippen molar-refractivity contribution in [2.24, 2.45) is 5.41 Å². The van der Waals surface area contributed by atoms with Crippen LogP contribution in [0.15, 0.2) is 39.8 Å². The molecule has 1 aromatic rings. The van der Waals surface area contributed by atoms with Crippen LogP contribution in [-0.2, 0) is 23.2 Å². The molecule has 0 unspecified atom stereocenters. The zero-order valence-electron chi connectivity index (χ0n) is 20.1. The SMILES string of the molecule is CC[C](CC)=[Ti]([O]c1cc(OC)cc(C(C)(C)C)c1)[C]1=C(C(C)(C)C)C=CC1.Cl.Cl. The van der Waals surface area contributed by atoms with Gasteiger partial charge in [0.05, 0.1) is 0 Å². The summed E-state index contributed by atoms with van der Waals surface area (Å²) in [7, 11) is 1.74. The first-order valence-electron chi connectivity index (χ1n) is 10.5. The average molecular weight is 491 g/mol. The Labute approximate surface area is 203 Å². The van der Waals surface area contributed by atoms with Crippen molar-refractivity contribution < 1.29 is 25.9 Å². The van der Waals surface area contributed by atoms with E-state index >= 15 is 0 Å². The van der Waals surface area contributed by atoms with E-state index < -0.39 is 17.8 Å². The summed E-state index contributed by atoms with van der Waals surface area (Å²) in [4.78, 5) is 0. The minimum Gasteiger partial charge on any atom is -0.147 e. The number of ether oxygens (including phenoxy) is 1. The second-order valence-electron chi connectivity index (χ2n) is 9.64. The number of hydrogen-bond acceptors (Lipinski definition) is 2. The van der Waals surface area contributed by atoms with E-state index in [9.17, 15) is 0 Å². The third kappa shape index (κ3) is 7.26. The van der Waals surface area contributed by atoms with Gasteiger partial charge < -0.3 is 0 Å². The largest absolute Gasteiger partial charge is 0.147 e. The van der Waals surface area contributed by atoms with Crippen molar-refractivity contribution in [3.8, 4) is 11.5 Å². The Morgan fingerprint density at radius 1 is 0.900 bits per heavy atom. The van der Waals surface area contributed by atoms with E-state index in [4.69, 9.17) is 8.06 Å². The van der Waals surface area contributed by atoms with Crippen molar-refractivity contribution in [1.29, 1.82) is 0 Å². The first-order valence-corrected chi connectivity index (χ1v) is 12.7. The van der Waals surface area contributed by atoms with Crippen LogP contribution in [0.4, 0.5) is 0 Å². The van der Waals surface area contributed by atoms with Crippen LogP contribution >= 0.6 is 24.8 Å². The van der Waals surface area contributed by atoms with E-state index in [1.807, 2.05) is 0 Å². The molecule has 0 heterocycles. The van der Waals surface area contributed by atoms with Gasteiger partial charge in [-0.3, -0.25) is 0 Å². The summed E-state index contributed by atoms with van der Waals surface area (Å²) < 4.78 is 15.7. The second-order valence-corrected chi connectivity index (χ2v) is 13.0. The van der Waals surface area contributed by atoms with E-state index in [1.54, 1.807) is 14.8 Å². The maximum atomic E-state index is 6.90. The van der Waals surface area contributed by atoms with Gasteiger partial charge in [-0.25, -0.2) is 0 Å². The fourth-order valence-corrected chi connectivity index (χ4v) is 7.85. The number of methoxy groups -OCH3 is 1. The molecule has 1 aliphatic rings. The van der Waals surface area contributed by atoms with Gasteiger partial charge in [-0.2, -0.15) is 0 Å². The van der Waals surface area contributed by atoms with E-state index in [2.05, 4.69) is 85.7 Å². The summed E-state index contributed by atoms with van der Waals surface area (Å²) in [5, 5.41) is 0. The van der Waals surface area contributed by atoms with Crippen molar-refractivity contribution in [3.63, 3.8) is 0 Å². The molecule has 0 atom stereocenters. The Kier molecular flexibility index (Phi) is 11.7. The zero-order chi connectivity index (χ0) is 21.1. The Morgan fingerprint density at radius 2 is 1.47 bits per heavy atom. The number of benzene rings is 1. The smallest absolute Gasteiger partial charge is 0.147 e. The molecule has 0 aromatic heterocycles. The number of hydrogen-bond donors (Lipinski definition) is 0. The molecule has 0 bridgehead atoms. The van der Waals surface area contributed by atoms with Gasteiger partial charge in [-0.05, 0) is 0 Å². The molecule has 30 heavy (non-hydrogen) atoms. The molecular weight excluding hydrogens is 451 g/mol. The van der Waals surface area contributed by atoms with Crippen LogP contribution in [-0.4, -0.2) is 10.9 Å². The summed E-state index contributed by atoms with van der Waals surface area (Å²) in [5.41, 5.74) is 2.95. The molecule has 2 nitrogen and oxygen atoms in total. The Bertz CT molecular complexity index is 803. The van der Waals surface area contributed by atoms with Gasteiger partial charge in [-0.1, -0.05) is 0 Å². The molecule has 2 rings (SSSR count). The number of allylic oxidation sites excluding steroid dienone is 4. The zero-order valence-corrected chi connectivity index (χ0v) is 23.3. The molecule has 170 valence electrons. The Balaban J connectivity index is 0.00000420. The fraction of sp³-hybridized carbons (Fsp3) is 0.560. The third-order valence-corrected chi connectivity index (χ3v) is 9.78. The molecule has 0 spiro atoms. The van der Waals surface area contributed by atoms with Crippen LogP contribution in [0.25, 0.3) is 0 Å². The summed E-state index contributed by atoms with van der Waals surface area (Å²) >= 11 is -2.06. The molecule has 0 N–H and O–H groups in total. The van der Waals surface area contributed by atoms with Gasteiger partial charge in [0.2, 0.25) is 0 Å². The monoisotopic (exact) mass is 490 g/mol. The van der Waals surface area contributed by atoms with Gasteiger partial charge in [0.1, 0.15) is 0 Å². The normalized spacial score (nSPS) is 13.5. The van der Waals surface area contributed by atoms with Crippen LogP contribution in [0.1, 0.15) is 80.2 Å². The molecule has 5 heteroatoms. The summed E-state index contributed by atoms with van der Waals surface area (Å²) in [5.74, 6) is 1.84. The Hall–Kier alpha value is -0.536. The van der Waals surface area contributed by atoms with Gasteiger partial charge in [0.25, 0.3) is 0 Å². The maximum absolute atomic E-state index is 6.90. The standard InChI is InChI=1S/C11H16O2.C9H13.C5H10.2ClH.Ti/c1-11(2,3)8-5-9(12)7-10(6-8)13-4;1-9(2,3)8-6-4-5-7-8;1-3-5-4-2;;;/h5-7,12H,1-4H3;4,6H,5H2,1-3H3;3-4H2,1-2H3;2*1H;/q;;;;;+1/p-1. The molecule has 0 saturated carbocycles.